The van der Waals surface area contributed by atoms with Gasteiger partial charge in [0.25, 0.3) is 0 Å². The highest BCUT2D eigenvalue weighted by Crippen LogP contribution is 2.31. The highest BCUT2D eigenvalue weighted by Gasteiger charge is 2.11. The summed E-state index contributed by atoms with van der Waals surface area (Å²) in [6.45, 7) is 2.07. The first-order valence-corrected chi connectivity index (χ1v) is 8.09. The molecule has 4 heteroatoms. The standard InChI is InChI=1S/C21H17N3O/c1-14-5-4-6-15(13-14)20-18-7-2-3-8-19(18)21(24-23-20)22-16-9-11-17(25)12-10-16/h2-13,25H,1H3,(H,22,24). The first kappa shape index (κ1) is 15.1. The zero-order chi connectivity index (χ0) is 17.2. The van der Waals surface area contributed by atoms with Crippen LogP contribution in [-0.4, -0.2) is 15.3 Å². The fraction of sp³-hybridized carbons (Fsp3) is 0.0476. The minimum atomic E-state index is 0.233. The van der Waals surface area contributed by atoms with Gasteiger partial charge in [0, 0.05) is 22.0 Å². The Morgan fingerprint density at radius 2 is 1.56 bits per heavy atom. The Hall–Kier alpha value is -3.40. The molecule has 3 aromatic carbocycles. The number of fused-ring (bicyclic) bond motifs is 1. The SMILES string of the molecule is Cc1cccc(-c2nnc(Nc3ccc(O)cc3)c3ccccc23)c1. The number of phenolic OH excluding ortho intramolecular Hbond substituents is 1. The normalized spacial score (nSPS) is 10.8. The molecule has 25 heavy (non-hydrogen) atoms. The molecule has 0 amide bonds. The second-order valence-electron chi connectivity index (χ2n) is 5.98. The van der Waals surface area contributed by atoms with Gasteiger partial charge in [0.2, 0.25) is 0 Å². The highest BCUT2D eigenvalue weighted by molar-refractivity contribution is 6.00. The molecule has 1 heterocycles. The summed E-state index contributed by atoms with van der Waals surface area (Å²) in [5.74, 6) is 0.925. The Kier molecular flexibility index (Phi) is 3.78. The number of aromatic hydroxyl groups is 1. The summed E-state index contributed by atoms with van der Waals surface area (Å²) in [7, 11) is 0. The maximum absolute atomic E-state index is 9.42. The van der Waals surface area contributed by atoms with E-state index in [-0.39, 0.29) is 5.75 Å². The summed E-state index contributed by atoms with van der Waals surface area (Å²) in [6.07, 6.45) is 0. The summed E-state index contributed by atoms with van der Waals surface area (Å²) >= 11 is 0. The third-order valence-corrected chi connectivity index (χ3v) is 4.11. The van der Waals surface area contributed by atoms with Gasteiger partial charge in [-0.3, -0.25) is 0 Å². The van der Waals surface area contributed by atoms with Crippen molar-refractivity contribution in [3.05, 3.63) is 78.4 Å². The Labute approximate surface area is 145 Å². The van der Waals surface area contributed by atoms with Crippen LogP contribution in [0.15, 0.2) is 72.8 Å². The molecule has 0 saturated heterocycles. The average molecular weight is 327 g/mol. The number of hydrogen-bond donors (Lipinski definition) is 2. The van der Waals surface area contributed by atoms with Gasteiger partial charge in [-0.05, 0) is 37.3 Å². The van der Waals surface area contributed by atoms with Crippen molar-refractivity contribution in [1.82, 2.24) is 10.2 Å². The number of hydrogen-bond acceptors (Lipinski definition) is 4. The van der Waals surface area contributed by atoms with Crippen LogP contribution in [0.5, 0.6) is 5.75 Å². The molecular formula is C21H17N3O. The molecule has 0 unspecified atom stereocenters. The van der Waals surface area contributed by atoms with Crippen molar-refractivity contribution in [2.75, 3.05) is 5.32 Å². The van der Waals surface area contributed by atoms with E-state index in [1.165, 1.54) is 5.56 Å². The van der Waals surface area contributed by atoms with Crippen molar-refractivity contribution in [3.63, 3.8) is 0 Å². The molecule has 4 aromatic rings. The van der Waals surface area contributed by atoms with Gasteiger partial charge in [0.1, 0.15) is 11.4 Å². The molecule has 4 rings (SSSR count). The molecule has 1 aromatic heterocycles. The number of benzene rings is 3. The molecule has 0 atom stereocenters. The van der Waals surface area contributed by atoms with Crippen molar-refractivity contribution in [2.45, 2.75) is 6.92 Å². The highest BCUT2D eigenvalue weighted by atomic mass is 16.3. The van der Waals surface area contributed by atoms with Crippen molar-refractivity contribution in [2.24, 2.45) is 0 Å². The van der Waals surface area contributed by atoms with Crippen molar-refractivity contribution in [3.8, 4) is 17.0 Å². The third-order valence-electron chi connectivity index (χ3n) is 4.11. The fourth-order valence-electron chi connectivity index (χ4n) is 2.88. The summed E-state index contributed by atoms with van der Waals surface area (Å²) in [5, 5.41) is 23.6. The summed E-state index contributed by atoms with van der Waals surface area (Å²) in [6, 6.07) is 23.2. The van der Waals surface area contributed by atoms with Crippen LogP contribution in [0.3, 0.4) is 0 Å². The van der Waals surface area contributed by atoms with Crippen LogP contribution in [0, 0.1) is 6.92 Å². The lowest BCUT2D eigenvalue weighted by Gasteiger charge is -2.11. The van der Waals surface area contributed by atoms with Gasteiger partial charge in [0.15, 0.2) is 5.82 Å². The molecule has 0 aliphatic carbocycles. The smallest absolute Gasteiger partial charge is 0.161 e. The third kappa shape index (κ3) is 3.02. The minimum absolute atomic E-state index is 0.233. The Morgan fingerprint density at radius 3 is 2.32 bits per heavy atom. The van der Waals surface area contributed by atoms with Crippen molar-refractivity contribution < 1.29 is 5.11 Å². The molecule has 2 N–H and O–H groups in total. The Morgan fingerprint density at radius 1 is 0.800 bits per heavy atom. The zero-order valence-electron chi connectivity index (χ0n) is 13.8. The summed E-state index contributed by atoms with van der Waals surface area (Å²) in [5.41, 5.74) is 3.96. The van der Waals surface area contributed by atoms with Crippen LogP contribution in [0.1, 0.15) is 5.56 Å². The molecule has 0 aliphatic rings. The molecule has 122 valence electrons. The molecule has 0 spiro atoms. The maximum Gasteiger partial charge on any atom is 0.161 e. The van der Waals surface area contributed by atoms with Gasteiger partial charge < -0.3 is 10.4 Å². The lowest BCUT2D eigenvalue weighted by molar-refractivity contribution is 0.475. The van der Waals surface area contributed by atoms with E-state index in [0.29, 0.717) is 5.82 Å². The molecule has 0 fully saturated rings. The predicted octanol–water partition coefficient (Wildman–Crippen LogP) is 5.05. The molecular weight excluding hydrogens is 310 g/mol. The van der Waals surface area contributed by atoms with E-state index in [2.05, 4.69) is 46.7 Å². The van der Waals surface area contributed by atoms with Gasteiger partial charge in [-0.25, -0.2) is 0 Å². The van der Waals surface area contributed by atoms with Crippen molar-refractivity contribution >= 4 is 22.3 Å². The lowest BCUT2D eigenvalue weighted by Crippen LogP contribution is -1.99. The maximum atomic E-state index is 9.42. The number of nitrogens with one attached hydrogen (secondary N) is 1. The number of nitrogens with zero attached hydrogens (tertiary/aromatic N) is 2. The average Bonchev–Trinajstić information content (AvgIpc) is 2.64. The van der Waals surface area contributed by atoms with Gasteiger partial charge in [-0.15, -0.1) is 10.2 Å². The first-order valence-electron chi connectivity index (χ1n) is 8.09. The van der Waals surface area contributed by atoms with Crippen LogP contribution < -0.4 is 5.32 Å². The van der Waals surface area contributed by atoms with Gasteiger partial charge >= 0.3 is 0 Å². The van der Waals surface area contributed by atoms with Crippen LogP contribution in [0.25, 0.3) is 22.0 Å². The topological polar surface area (TPSA) is 58.0 Å². The molecule has 4 nitrogen and oxygen atoms in total. The zero-order valence-corrected chi connectivity index (χ0v) is 13.8. The fourth-order valence-corrected chi connectivity index (χ4v) is 2.88. The number of phenols is 1. The van der Waals surface area contributed by atoms with Crippen LogP contribution in [-0.2, 0) is 0 Å². The van der Waals surface area contributed by atoms with Crippen LogP contribution in [0.2, 0.25) is 0 Å². The first-order chi connectivity index (χ1) is 12.2. The molecule has 0 radical (unpaired) electrons. The van der Waals surface area contributed by atoms with E-state index in [1.54, 1.807) is 24.3 Å². The van der Waals surface area contributed by atoms with E-state index in [9.17, 15) is 5.11 Å². The van der Waals surface area contributed by atoms with E-state index in [4.69, 9.17) is 0 Å². The van der Waals surface area contributed by atoms with Gasteiger partial charge in [-0.1, -0.05) is 48.0 Å². The van der Waals surface area contributed by atoms with Gasteiger partial charge in [-0.2, -0.15) is 0 Å². The van der Waals surface area contributed by atoms with Crippen LogP contribution >= 0.6 is 0 Å². The summed E-state index contributed by atoms with van der Waals surface area (Å²) < 4.78 is 0. The number of anilines is 2. The second-order valence-corrected chi connectivity index (χ2v) is 5.98. The summed E-state index contributed by atoms with van der Waals surface area (Å²) in [4.78, 5) is 0. The molecule has 0 aliphatic heterocycles. The Bertz CT molecular complexity index is 1040. The second kappa shape index (κ2) is 6.24. The van der Waals surface area contributed by atoms with E-state index in [1.807, 2.05) is 24.3 Å². The van der Waals surface area contributed by atoms with Crippen LogP contribution in [0.4, 0.5) is 11.5 Å². The number of rotatable bonds is 3. The molecule has 0 bridgehead atoms. The molecule has 0 saturated carbocycles. The quantitative estimate of drug-likeness (QED) is 0.517. The van der Waals surface area contributed by atoms with E-state index < -0.39 is 0 Å². The van der Waals surface area contributed by atoms with Gasteiger partial charge in [0.05, 0.1) is 0 Å². The number of aryl methyl sites for hydroxylation is 1. The monoisotopic (exact) mass is 327 g/mol. The lowest BCUT2D eigenvalue weighted by atomic mass is 10.0. The van der Waals surface area contributed by atoms with Crippen molar-refractivity contribution in [1.29, 1.82) is 0 Å². The predicted molar refractivity (Wildman–Crippen MR) is 101 cm³/mol. The largest absolute Gasteiger partial charge is 0.508 e. The Balaban J connectivity index is 1.83. The minimum Gasteiger partial charge on any atom is -0.508 e. The number of aromatic nitrogens is 2. The van der Waals surface area contributed by atoms with E-state index >= 15 is 0 Å². The van der Waals surface area contributed by atoms with E-state index in [0.717, 1.165) is 27.7 Å².